The van der Waals surface area contributed by atoms with Crippen LogP contribution in [0.4, 0.5) is 0 Å². The zero-order valence-electron chi connectivity index (χ0n) is 15.9. The van der Waals surface area contributed by atoms with Crippen molar-refractivity contribution in [2.75, 3.05) is 0 Å². The second kappa shape index (κ2) is 7.89. The van der Waals surface area contributed by atoms with Crippen molar-refractivity contribution in [3.63, 3.8) is 0 Å². The number of aromatic nitrogens is 5. The van der Waals surface area contributed by atoms with Gasteiger partial charge in [-0.1, -0.05) is 35.9 Å². The van der Waals surface area contributed by atoms with Gasteiger partial charge in [-0.3, -0.25) is 4.98 Å². The first-order chi connectivity index (χ1) is 14.0. The van der Waals surface area contributed by atoms with E-state index in [4.69, 9.17) is 16.3 Å². The highest BCUT2D eigenvalue weighted by molar-refractivity contribution is 6.30. The van der Waals surface area contributed by atoms with Gasteiger partial charge in [0.1, 0.15) is 12.4 Å². The molecule has 2 aromatic heterocycles. The molecule has 0 saturated carbocycles. The van der Waals surface area contributed by atoms with E-state index in [0.717, 1.165) is 22.4 Å². The number of benzene rings is 2. The van der Waals surface area contributed by atoms with Gasteiger partial charge in [-0.25, -0.2) is 4.79 Å². The summed E-state index contributed by atoms with van der Waals surface area (Å²) in [4.78, 5) is 16.7. The van der Waals surface area contributed by atoms with Crippen LogP contribution in [0.3, 0.4) is 0 Å². The van der Waals surface area contributed by atoms with E-state index >= 15 is 0 Å². The second-order valence-electron chi connectivity index (χ2n) is 6.55. The number of pyridine rings is 1. The maximum Gasteiger partial charge on any atom is 0.368 e. The largest absolute Gasteiger partial charge is 0.489 e. The number of tetrazole rings is 1. The van der Waals surface area contributed by atoms with Gasteiger partial charge in [-0.2, -0.15) is 9.36 Å². The van der Waals surface area contributed by atoms with E-state index in [1.54, 1.807) is 19.3 Å². The monoisotopic (exact) mass is 407 g/mol. The first-order valence-electron chi connectivity index (χ1n) is 8.95. The van der Waals surface area contributed by atoms with Crippen molar-refractivity contribution in [2.24, 2.45) is 7.05 Å². The van der Waals surface area contributed by atoms with Crippen molar-refractivity contribution >= 4 is 11.6 Å². The molecule has 146 valence electrons. The maximum atomic E-state index is 12.3. The molecule has 0 aliphatic heterocycles. The Labute approximate surface area is 172 Å². The standard InChI is InChI=1S/C21H18ClN5O2/c1-14-5-3-8-20(27-21(28)26(2)24-25-27)18(14)13-29-17-9-10-23-19(12-17)15-6-4-7-16(22)11-15/h3-12H,13H2,1-2H3. The van der Waals surface area contributed by atoms with Gasteiger partial charge in [0.25, 0.3) is 0 Å². The van der Waals surface area contributed by atoms with E-state index in [-0.39, 0.29) is 12.3 Å². The molecule has 0 bridgehead atoms. The molecule has 0 spiro atoms. The highest BCUT2D eigenvalue weighted by atomic mass is 35.5. The molecule has 0 saturated heterocycles. The minimum Gasteiger partial charge on any atom is -0.489 e. The number of hydrogen-bond donors (Lipinski definition) is 0. The molecule has 8 heteroatoms. The molecule has 7 nitrogen and oxygen atoms in total. The maximum absolute atomic E-state index is 12.3. The molecular weight excluding hydrogens is 390 g/mol. The number of nitrogens with zero attached hydrogens (tertiary/aromatic N) is 5. The van der Waals surface area contributed by atoms with Crippen LogP contribution >= 0.6 is 11.6 Å². The van der Waals surface area contributed by atoms with Gasteiger partial charge in [0, 0.05) is 35.5 Å². The van der Waals surface area contributed by atoms with Crippen molar-refractivity contribution in [1.82, 2.24) is 24.8 Å². The number of hydrogen-bond acceptors (Lipinski definition) is 5. The Hall–Kier alpha value is -3.45. The number of ether oxygens (including phenoxy) is 1. The predicted molar refractivity (Wildman–Crippen MR) is 110 cm³/mol. The summed E-state index contributed by atoms with van der Waals surface area (Å²) in [5, 5.41) is 8.38. The summed E-state index contributed by atoms with van der Waals surface area (Å²) in [5.74, 6) is 0.663. The van der Waals surface area contributed by atoms with Crippen LogP contribution in [-0.2, 0) is 13.7 Å². The Kier molecular flexibility index (Phi) is 5.14. The Bertz CT molecular complexity index is 1230. The van der Waals surface area contributed by atoms with Crippen molar-refractivity contribution in [2.45, 2.75) is 13.5 Å². The SMILES string of the molecule is Cc1cccc(-n2nnn(C)c2=O)c1COc1ccnc(-c2cccc(Cl)c2)c1. The molecular formula is C21H18ClN5O2. The normalized spacial score (nSPS) is 10.9. The molecule has 0 radical (unpaired) electrons. The fraction of sp³-hybridized carbons (Fsp3) is 0.143. The molecule has 0 N–H and O–H groups in total. The van der Waals surface area contributed by atoms with Gasteiger partial charge in [-0.15, -0.1) is 0 Å². The summed E-state index contributed by atoms with van der Waals surface area (Å²) in [7, 11) is 1.56. The summed E-state index contributed by atoms with van der Waals surface area (Å²) in [6.07, 6.45) is 1.69. The molecule has 29 heavy (non-hydrogen) atoms. The quantitative estimate of drug-likeness (QED) is 0.505. The van der Waals surface area contributed by atoms with Gasteiger partial charge in [0.15, 0.2) is 0 Å². The van der Waals surface area contributed by atoms with Crippen LogP contribution in [0.15, 0.2) is 65.6 Å². The average molecular weight is 408 g/mol. The highest BCUT2D eigenvalue weighted by Gasteiger charge is 2.14. The molecule has 0 amide bonds. The van der Waals surface area contributed by atoms with E-state index in [9.17, 15) is 4.79 Å². The van der Waals surface area contributed by atoms with Crippen LogP contribution in [-0.4, -0.2) is 24.8 Å². The van der Waals surface area contributed by atoms with Crippen LogP contribution in [0.1, 0.15) is 11.1 Å². The van der Waals surface area contributed by atoms with Crippen LogP contribution in [0, 0.1) is 6.92 Å². The molecule has 2 aromatic carbocycles. The minimum absolute atomic E-state index is 0.268. The summed E-state index contributed by atoms with van der Waals surface area (Å²) in [5.41, 5.74) is 3.85. The van der Waals surface area contributed by atoms with Crippen LogP contribution in [0.25, 0.3) is 16.9 Å². The van der Waals surface area contributed by atoms with Crippen molar-refractivity contribution in [3.05, 3.63) is 87.4 Å². The third-order valence-electron chi connectivity index (χ3n) is 4.57. The lowest BCUT2D eigenvalue weighted by Crippen LogP contribution is -2.23. The lowest BCUT2D eigenvalue weighted by molar-refractivity contribution is 0.304. The van der Waals surface area contributed by atoms with Crippen LogP contribution in [0.5, 0.6) is 5.75 Å². The minimum atomic E-state index is -0.316. The molecule has 4 rings (SSSR count). The molecule has 0 aliphatic rings. The van der Waals surface area contributed by atoms with E-state index < -0.39 is 0 Å². The highest BCUT2D eigenvalue weighted by Crippen LogP contribution is 2.25. The van der Waals surface area contributed by atoms with Gasteiger partial charge >= 0.3 is 5.69 Å². The van der Waals surface area contributed by atoms with Crippen molar-refractivity contribution in [1.29, 1.82) is 0 Å². The van der Waals surface area contributed by atoms with Crippen LogP contribution < -0.4 is 10.4 Å². The van der Waals surface area contributed by atoms with E-state index in [2.05, 4.69) is 15.4 Å². The molecule has 4 aromatic rings. The lowest BCUT2D eigenvalue weighted by Gasteiger charge is -2.13. The Balaban J connectivity index is 1.63. The van der Waals surface area contributed by atoms with Gasteiger partial charge in [0.05, 0.1) is 11.4 Å². The second-order valence-corrected chi connectivity index (χ2v) is 6.98. The fourth-order valence-electron chi connectivity index (χ4n) is 3.00. The molecule has 0 aliphatic carbocycles. The molecule has 0 atom stereocenters. The van der Waals surface area contributed by atoms with Gasteiger partial charge in [-0.05, 0) is 47.2 Å². The third kappa shape index (κ3) is 3.90. The summed E-state index contributed by atoms with van der Waals surface area (Å²) in [6.45, 7) is 2.23. The fourth-order valence-corrected chi connectivity index (χ4v) is 3.19. The topological polar surface area (TPSA) is 74.8 Å². The summed E-state index contributed by atoms with van der Waals surface area (Å²) in [6, 6.07) is 16.8. The summed E-state index contributed by atoms with van der Waals surface area (Å²) >= 11 is 6.08. The Morgan fingerprint density at radius 3 is 2.66 bits per heavy atom. The summed E-state index contributed by atoms with van der Waals surface area (Å²) < 4.78 is 8.49. The third-order valence-corrected chi connectivity index (χ3v) is 4.81. The van der Waals surface area contributed by atoms with E-state index in [0.29, 0.717) is 16.5 Å². The van der Waals surface area contributed by atoms with Gasteiger partial charge < -0.3 is 4.74 Å². The van der Waals surface area contributed by atoms with E-state index in [1.807, 2.05) is 55.5 Å². The number of halogens is 1. The zero-order valence-corrected chi connectivity index (χ0v) is 16.7. The Morgan fingerprint density at radius 1 is 1.07 bits per heavy atom. The molecule has 0 unspecified atom stereocenters. The number of rotatable bonds is 5. The van der Waals surface area contributed by atoms with Gasteiger partial charge in [0.2, 0.25) is 0 Å². The van der Waals surface area contributed by atoms with Crippen LogP contribution in [0.2, 0.25) is 5.02 Å². The first-order valence-corrected chi connectivity index (χ1v) is 9.33. The lowest BCUT2D eigenvalue weighted by atomic mass is 10.1. The first kappa shape index (κ1) is 18.9. The van der Waals surface area contributed by atoms with E-state index in [1.165, 1.54) is 9.36 Å². The molecule has 0 fully saturated rings. The van der Waals surface area contributed by atoms with Crippen molar-refractivity contribution < 1.29 is 4.74 Å². The predicted octanol–water partition coefficient (Wildman–Crippen LogP) is 3.57. The average Bonchev–Trinajstić information content (AvgIpc) is 3.05. The molecule has 2 heterocycles. The smallest absolute Gasteiger partial charge is 0.368 e. The number of aryl methyl sites for hydroxylation is 2. The van der Waals surface area contributed by atoms with Crippen molar-refractivity contribution in [3.8, 4) is 22.7 Å². The Morgan fingerprint density at radius 2 is 1.90 bits per heavy atom. The zero-order chi connectivity index (χ0) is 20.4.